The summed E-state index contributed by atoms with van der Waals surface area (Å²) in [6.45, 7) is 5.17. The van der Waals surface area contributed by atoms with E-state index in [1.165, 1.54) is 0 Å². The molecule has 0 radical (unpaired) electrons. The number of aliphatic carboxylic acids is 1. The summed E-state index contributed by atoms with van der Waals surface area (Å²) in [7, 11) is 0. The van der Waals surface area contributed by atoms with E-state index >= 15 is 0 Å². The number of rotatable bonds is 2. The van der Waals surface area contributed by atoms with Crippen molar-refractivity contribution in [3.63, 3.8) is 0 Å². The number of carboxylic acid groups (broad SMARTS) is 1. The van der Waals surface area contributed by atoms with Crippen LogP contribution in [0.4, 0.5) is 0 Å². The molecule has 1 heterocycles. The summed E-state index contributed by atoms with van der Waals surface area (Å²) in [6.07, 6.45) is 1.95. The second kappa shape index (κ2) is 5.26. The Labute approximate surface area is 107 Å². The first-order chi connectivity index (χ1) is 8.47. The molecule has 1 aliphatic heterocycles. The zero-order valence-electron chi connectivity index (χ0n) is 11.0. The van der Waals surface area contributed by atoms with E-state index in [1.54, 1.807) is 0 Å². The molecule has 1 N–H and O–H groups in total. The van der Waals surface area contributed by atoms with Crippen molar-refractivity contribution in [2.75, 3.05) is 13.1 Å². The van der Waals surface area contributed by atoms with Gasteiger partial charge in [0, 0.05) is 19.0 Å². The second-order valence-corrected chi connectivity index (χ2v) is 5.55. The smallest absolute Gasteiger partial charge is 0.306 e. The molecule has 5 nitrogen and oxygen atoms in total. The summed E-state index contributed by atoms with van der Waals surface area (Å²) in [5.41, 5.74) is 0. The van der Waals surface area contributed by atoms with Crippen molar-refractivity contribution in [1.82, 2.24) is 4.90 Å². The third-order valence-corrected chi connectivity index (χ3v) is 3.86. The number of carbonyl (C=O) groups excluding carboxylic acids is 1. The Morgan fingerprint density at radius 3 is 2.17 bits per heavy atom. The number of nitrogens with zero attached hydrogens (tertiary/aromatic N) is 1. The molecule has 0 bridgehead atoms. The van der Waals surface area contributed by atoms with Crippen LogP contribution in [0.2, 0.25) is 0 Å². The van der Waals surface area contributed by atoms with Gasteiger partial charge in [-0.15, -0.1) is 0 Å². The van der Waals surface area contributed by atoms with Gasteiger partial charge in [-0.1, -0.05) is 0 Å². The summed E-state index contributed by atoms with van der Waals surface area (Å²) >= 11 is 0. The van der Waals surface area contributed by atoms with Crippen LogP contribution in [0.25, 0.3) is 0 Å². The second-order valence-electron chi connectivity index (χ2n) is 5.55. The van der Waals surface area contributed by atoms with Crippen molar-refractivity contribution in [3.05, 3.63) is 0 Å². The first kappa shape index (κ1) is 13.3. The van der Waals surface area contributed by atoms with Crippen molar-refractivity contribution < 1.29 is 19.4 Å². The molecule has 1 aliphatic carbocycles. The van der Waals surface area contributed by atoms with E-state index in [9.17, 15) is 9.59 Å². The lowest BCUT2D eigenvalue weighted by Gasteiger charge is -2.36. The Bertz CT molecular complexity index is 334. The van der Waals surface area contributed by atoms with Gasteiger partial charge >= 0.3 is 5.97 Å². The van der Waals surface area contributed by atoms with Crippen molar-refractivity contribution >= 4 is 11.9 Å². The van der Waals surface area contributed by atoms with Gasteiger partial charge in [-0.05, 0) is 33.1 Å². The van der Waals surface area contributed by atoms with E-state index in [-0.39, 0.29) is 30.0 Å². The summed E-state index contributed by atoms with van der Waals surface area (Å²) in [4.78, 5) is 25.1. The maximum atomic E-state index is 12.3. The van der Waals surface area contributed by atoms with Crippen molar-refractivity contribution in [2.45, 2.75) is 45.3 Å². The van der Waals surface area contributed by atoms with Gasteiger partial charge < -0.3 is 14.7 Å². The zero-order chi connectivity index (χ0) is 13.3. The predicted octanol–water partition coefficient (Wildman–Crippen LogP) is 1.12. The van der Waals surface area contributed by atoms with E-state index in [4.69, 9.17) is 9.84 Å². The Balaban J connectivity index is 1.93. The lowest BCUT2D eigenvalue weighted by Crippen LogP contribution is -2.49. The molecule has 4 unspecified atom stereocenters. The average Bonchev–Trinajstić information content (AvgIpc) is 2.75. The minimum absolute atomic E-state index is 0.0642. The number of hydrogen-bond acceptors (Lipinski definition) is 3. The van der Waals surface area contributed by atoms with E-state index in [2.05, 4.69) is 0 Å². The third kappa shape index (κ3) is 2.83. The Kier molecular flexibility index (Phi) is 3.90. The normalized spacial score (nSPS) is 36.7. The SMILES string of the molecule is CC1CN(C(=O)C2CCC(C(=O)O)C2)CC(C)O1. The summed E-state index contributed by atoms with van der Waals surface area (Å²) in [5, 5.41) is 8.96. The average molecular weight is 255 g/mol. The highest BCUT2D eigenvalue weighted by Crippen LogP contribution is 2.32. The molecule has 4 atom stereocenters. The van der Waals surface area contributed by atoms with Gasteiger partial charge in [0.1, 0.15) is 0 Å². The van der Waals surface area contributed by atoms with E-state index in [0.717, 1.165) is 0 Å². The van der Waals surface area contributed by atoms with Gasteiger partial charge in [-0.2, -0.15) is 0 Å². The number of carbonyl (C=O) groups is 2. The monoisotopic (exact) mass is 255 g/mol. The molecule has 0 aromatic carbocycles. The van der Waals surface area contributed by atoms with Crippen LogP contribution in [0.5, 0.6) is 0 Å². The molecular formula is C13H21NO4. The largest absolute Gasteiger partial charge is 0.481 e. The molecule has 2 rings (SSSR count). The maximum absolute atomic E-state index is 12.3. The molecule has 0 spiro atoms. The molecule has 18 heavy (non-hydrogen) atoms. The maximum Gasteiger partial charge on any atom is 0.306 e. The summed E-state index contributed by atoms with van der Waals surface area (Å²) in [5.74, 6) is -1.10. The number of carboxylic acids is 1. The highest BCUT2D eigenvalue weighted by Gasteiger charge is 2.37. The summed E-state index contributed by atoms with van der Waals surface area (Å²) in [6, 6.07) is 0. The van der Waals surface area contributed by atoms with Crippen LogP contribution in [0.15, 0.2) is 0 Å². The van der Waals surface area contributed by atoms with Crippen LogP contribution in [-0.2, 0) is 14.3 Å². The topological polar surface area (TPSA) is 66.8 Å². The molecule has 2 aliphatic rings. The lowest BCUT2D eigenvalue weighted by molar-refractivity contribution is -0.147. The number of amides is 1. The van der Waals surface area contributed by atoms with Crippen LogP contribution in [0.1, 0.15) is 33.1 Å². The molecular weight excluding hydrogens is 234 g/mol. The summed E-state index contributed by atoms with van der Waals surface area (Å²) < 4.78 is 5.60. The fourth-order valence-electron chi connectivity index (χ4n) is 3.05. The molecule has 1 saturated heterocycles. The fourth-order valence-corrected chi connectivity index (χ4v) is 3.05. The quantitative estimate of drug-likeness (QED) is 0.803. The number of morpholine rings is 1. The molecule has 0 aromatic rings. The Morgan fingerprint density at radius 2 is 1.67 bits per heavy atom. The minimum atomic E-state index is -0.769. The molecule has 5 heteroatoms. The number of ether oxygens (including phenoxy) is 1. The van der Waals surface area contributed by atoms with E-state index in [1.807, 2.05) is 18.7 Å². The van der Waals surface area contributed by atoms with Gasteiger partial charge in [0.15, 0.2) is 0 Å². The lowest BCUT2D eigenvalue weighted by atomic mass is 10.0. The molecule has 0 aromatic heterocycles. The van der Waals surface area contributed by atoms with Gasteiger partial charge in [0.05, 0.1) is 18.1 Å². The third-order valence-electron chi connectivity index (χ3n) is 3.86. The standard InChI is InChI=1S/C13H21NO4/c1-8-6-14(7-9(2)18-8)12(15)10-3-4-11(5-10)13(16)17/h8-11H,3-7H2,1-2H3,(H,16,17). The molecule has 2 fully saturated rings. The first-order valence-corrected chi connectivity index (χ1v) is 6.64. The zero-order valence-corrected chi connectivity index (χ0v) is 11.0. The van der Waals surface area contributed by atoms with Crippen LogP contribution in [0.3, 0.4) is 0 Å². The van der Waals surface area contributed by atoms with E-state index < -0.39 is 5.97 Å². The fraction of sp³-hybridized carbons (Fsp3) is 0.846. The predicted molar refractivity (Wildman–Crippen MR) is 65.1 cm³/mol. The molecule has 1 saturated carbocycles. The van der Waals surface area contributed by atoms with Gasteiger partial charge in [0.2, 0.25) is 5.91 Å². The van der Waals surface area contributed by atoms with Crippen LogP contribution in [0, 0.1) is 11.8 Å². The van der Waals surface area contributed by atoms with Crippen LogP contribution >= 0.6 is 0 Å². The Hall–Kier alpha value is -1.10. The van der Waals surface area contributed by atoms with Crippen LogP contribution in [-0.4, -0.2) is 47.2 Å². The van der Waals surface area contributed by atoms with Gasteiger partial charge in [-0.3, -0.25) is 9.59 Å². The van der Waals surface area contributed by atoms with Crippen molar-refractivity contribution in [1.29, 1.82) is 0 Å². The molecule has 102 valence electrons. The van der Waals surface area contributed by atoms with Crippen molar-refractivity contribution in [2.24, 2.45) is 11.8 Å². The number of hydrogen-bond donors (Lipinski definition) is 1. The first-order valence-electron chi connectivity index (χ1n) is 6.64. The van der Waals surface area contributed by atoms with Gasteiger partial charge in [-0.25, -0.2) is 0 Å². The van der Waals surface area contributed by atoms with Gasteiger partial charge in [0.25, 0.3) is 0 Å². The van der Waals surface area contributed by atoms with E-state index in [0.29, 0.717) is 32.4 Å². The Morgan fingerprint density at radius 1 is 1.11 bits per heavy atom. The highest BCUT2D eigenvalue weighted by molar-refractivity contribution is 5.81. The highest BCUT2D eigenvalue weighted by atomic mass is 16.5. The van der Waals surface area contributed by atoms with Crippen LogP contribution < -0.4 is 0 Å². The van der Waals surface area contributed by atoms with Crippen molar-refractivity contribution in [3.8, 4) is 0 Å². The minimum Gasteiger partial charge on any atom is -0.481 e. The molecule has 1 amide bonds.